The fourth-order valence-corrected chi connectivity index (χ4v) is 2.54. The molecule has 0 saturated carbocycles. The predicted octanol–water partition coefficient (Wildman–Crippen LogP) is 2.97. The second-order valence-electron chi connectivity index (χ2n) is 4.86. The van der Waals surface area contributed by atoms with Gasteiger partial charge in [0.1, 0.15) is 5.01 Å². The number of hydrogen-bond acceptors (Lipinski definition) is 5. The van der Waals surface area contributed by atoms with E-state index < -0.39 is 0 Å². The quantitative estimate of drug-likeness (QED) is 0.736. The van der Waals surface area contributed by atoms with Gasteiger partial charge in [0.2, 0.25) is 0 Å². The minimum absolute atomic E-state index is 0.112. The van der Waals surface area contributed by atoms with E-state index in [2.05, 4.69) is 24.1 Å². The second kappa shape index (κ2) is 6.04. The van der Waals surface area contributed by atoms with Crippen LogP contribution in [-0.2, 0) is 6.54 Å². The van der Waals surface area contributed by atoms with Crippen molar-refractivity contribution in [3.8, 4) is 22.1 Å². The number of hydrogen-bond donors (Lipinski definition) is 3. The van der Waals surface area contributed by atoms with E-state index in [0.717, 1.165) is 28.5 Å². The summed E-state index contributed by atoms with van der Waals surface area (Å²) in [5.41, 5.74) is 0.815. The SMILES string of the molecule is CC(C)CNCc1cnc(-c2ccc(O)c(O)c2)s1. The molecule has 2 aromatic rings. The van der Waals surface area contributed by atoms with Crippen LogP contribution in [0, 0.1) is 5.92 Å². The molecule has 0 spiro atoms. The molecule has 0 saturated heterocycles. The Hall–Kier alpha value is -1.59. The summed E-state index contributed by atoms with van der Waals surface area (Å²) in [7, 11) is 0. The number of aromatic hydroxyl groups is 2. The first kappa shape index (κ1) is 13.8. The molecule has 0 amide bonds. The van der Waals surface area contributed by atoms with Crippen LogP contribution in [0.5, 0.6) is 11.5 Å². The normalized spacial score (nSPS) is 11.1. The average Bonchev–Trinajstić information content (AvgIpc) is 2.81. The second-order valence-corrected chi connectivity index (χ2v) is 5.98. The third-order valence-corrected chi connectivity index (χ3v) is 3.67. The molecule has 4 nitrogen and oxygen atoms in total. The summed E-state index contributed by atoms with van der Waals surface area (Å²) < 4.78 is 0. The summed E-state index contributed by atoms with van der Waals surface area (Å²) in [6.45, 7) is 6.13. The maximum Gasteiger partial charge on any atom is 0.158 e. The molecule has 1 heterocycles. The van der Waals surface area contributed by atoms with Crippen molar-refractivity contribution in [2.24, 2.45) is 5.92 Å². The molecule has 0 unspecified atom stereocenters. The number of benzene rings is 1. The van der Waals surface area contributed by atoms with E-state index in [0.29, 0.717) is 5.92 Å². The van der Waals surface area contributed by atoms with E-state index in [9.17, 15) is 10.2 Å². The van der Waals surface area contributed by atoms with E-state index in [1.165, 1.54) is 12.1 Å². The van der Waals surface area contributed by atoms with Gasteiger partial charge in [-0.05, 0) is 30.7 Å². The first-order valence-corrected chi connectivity index (χ1v) is 7.05. The van der Waals surface area contributed by atoms with Crippen LogP contribution in [0.15, 0.2) is 24.4 Å². The molecule has 1 aromatic carbocycles. The Labute approximate surface area is 116 Å². The van der Waals surface area contributed by atoms with Gasteiger partial charge in [-0.25, -0.2) is 4.98 Å². The predicted molar refractivity (Wildman–Crippen MR) is 77.4 cm³/mol. The van der Waals surface area contributed by atoms with Crippen molar-refractivity contribution >= 4 is 11.3 Å². The zero-order chi connectivity index (χ0) is 13.8. The van der Waals surface area contributed by atoms with Crippen LogP contribution in [0.1, 0.15) is 18.7 Å². The molecule has 1 aromatic heterocycles. The van der Waals surface area contributed by atoms with E-state index in [1.54, 1.807) is 17.4 Å². The molecule has 0 aliphatic heterocycles. The van der Waals surface area contributed by atoms with Crippen molar-refractivity contribution in [3.63, 3.8) is 0 Å². The van der Waals surface area contributed by atoms with Crippen molar-refractivity contribution in [2.75, 3.05) is 6.54 Å². The van der Waals surface area contributed by atoms with E-state index >= 15 is 0 Å². The van der Waals surface area contributed by atoms with Crippen LogP contribution < -0.4 is 5.32 Å². The minimum Gasteiger partial charge on any atom is -0.504 e. The Morgan fingerprint density at radius 2 is 2.05 bits per heavy atom. The molecular weight excluding hydrogens is 260 g/mol. The van der Waals surface area contributed by atoms with Crippen LogP contribution in [0.25, 0.3) is 10.6 Å². The highest BCUT2D eigenvalue weighted by atomic mass is 32.1. The van der Waals surface area contributed by atoms with Gasteiger partial charge >= 0.3 is 0 Å². The summed E-state index contributed by atoms with van der Waals surface area (Å²) in [6.07, 6.45) is 1.84. The first-order chi connectivity index (χ1) is 9.06. The van der Waals surface area contributed by atoms with Gasteiger partial charge in [-0.2, -0.15) is 0 Å². The molecule has 102 valence electrons. The van der Waals surface area contributed by atoms with E-state index in [4.69, 9.17) is 0 Å². The molecule has 0 fully saturated rings. The molecule has 0 aliphatic carbocycles. The highest BCUT2D eigenvalue weighted by molar-refractivity contribution is 7.15. The smallest absolute Gasteiger partial charge is 0.158 e. The number of phenolic OH excluding ortho intramolecular Hbond substituents is 2. The molecule has 2 rings (SSSR count). The van der Waals surface area contributed by atoms with Gasteiger partial charge in [0.15, 0.2) is 11.5 Å². The van der Waals surface area contributed by atoms with Crippen LogP contribution >= 0.6 is 11.3 Å². The maximum atomic E-state index is 9.49. The Kier molecular flexibility index (Phi) is 4.39. The van der Waals surface area contributed by atoms with Crippen LogP contribution in [0.4, 0.5) is 0 Å². The van der Waals surface area contributed by atoms with Crippen LogP contribution in [0.2, 0.25) is 0 Å². The van der Waals surface area contributed by atoms with Gasteiger partial charge in [-0.15, -0.1) is 11.3 Å². The molecule has 0 aliphatic rings. The number of nitrogens with zero attached hydrogens (tertiary/aromatic N) is 1. The largest absolute Gasteiger partial charge is 0.504 e. The molecule has 0 atom stereocenters. The van der Waals surface area contributed by atoms with E-state index in [1.807, 2.05) is 6.20 Å². The van der Waals surface area contributed by atoms with Crippen molar-refractivity contribution in [1.29, 1.82) is 0 Å². The van der Waals surface area contributed by atoms with Crippen LogP contribution in [0.3, 0.4) is 0 Å². The van der Waals surface area contributed by atoms with Gasteiger partial charge in [-0.1, -0.05) is 13.8 Å². The lowest BCUT2D eigenvalue weighted by Crippen LogP contribution is -2.18. The molecule has 5 heteroatoms. The third kappa shape index (κ3) is 3.68. The van der Waals surface area contributed by atoms with Gasteiger partial charge in [-0.3, -0.25) is 0 Å². The monoisotopic (exact) mass is 278 g/mol. The molecule has 0 bridgehead atoms. The van der Waals surface area contributed by atoms with Gasteiger partial charge < -0.3 is 15.5 Å². The topological polar surface area (TPSA) is 65.4 Å². The fraction of sp³-hybridized carbons (Fsp3) is 0.357. The number of aromatic nitrogens is 1. The third-order valence-electron chi connectivity index (χ3n) is 2.63. The Balaban J connectivity index is 2.05. The van der Waals surface area contributed by atoms with Crippen molar-refractivity contribution in [2.45, 2.75) is 20.4 Å². The summed E-state index contributed by atoms with van der Waals surface area (Å²) in [5.74, 6) is 0.396. The minimum atomic E-state index is -0.118. The zero-order valence-corrected chi connectivity index (χ0v) is 11.9. The molecule has 3 N–H and O–H groups in total. The fourth-order valence-electron chi connectivity index (χ4n) is 1.66. The lowest BCUT2D eigenvalue weighted by Gasteiger charge is -2.04. The summed E-state index contributed by atoms with van der Waals surface area (Å²) in [6, 6.07) is 4.75. The van der Waals surface area contributed by atoms with Gasteiger partial charge in [0, 0.05) is 23.2 Å². The summed E-state index contributed by atoms with van der Waals surface area (Å²) >= 11 is 1.59. The number of thiazole rings is 1. The average molecular weight is 278 g/mol. The molecule has 0 radical (unpaired) electrons. The zero-order valence-electron chi connectivity index (χ0n) is 11.1. The number of nitrogens with one attached hydrogen (secondary N) is 1. The van der Waals surface area contributed by atoms with Gasteiger partial charge in [0.05, 0.1) is 0 Å². The molecular formula is C14H18N2O2S. The molecule has 19 heavy (non-hydrogen) atoms. The first-order valence-electron chi connectivity index (χ1n) is 6.24. The lowest BCUT2D eigenvalue weighted by atomic mass is 10.2. The standard InChI is InChI=1S/C14H18N2O2S/c1-9(2)6-15-7-11-8-16-14(19-11)10-3-4-12(17)13(18)5-10/h3-5,8-9,15,17-18H,6-7H2,1-2H3. The summed E-state index contributed by atoms with van der Waals surface area (Å²) in [5, 5.41) is 23.0. The van der Waals surface area contributed by atoms with E-state index in [-0.39, 0.29) is 11.5 Å². The number of rotatable bonds is 5. The van der Waals surface area contributed by atoms with Crippen molar-refractivity contribution < 1.29 is 10.2 Å². The van der Waals surface area contributed by atoms with Crippen molar-refractivity contribution in [1.82, 2.24) is 10.3 Å². The lowest BCUT2D eigenvalue weighted by molar-refractivity contribution is 0.404. The maximum absolute atomic E-state index is 9.49. The van der Waals surface area contributed by atoms with Crippen LogP contribution in [-0.4, -0.2) is 21.7 Å². The summed E-state index contributed by atoms with van der Waals surface area (Å²) in [4.78, 5) is 5.50. The van der Waals surface area contributed by atoms with Gasteiger partial charge in [0.25, 0.3) is 0 Å². The Morgan fingerprint density at radius 1 is 1.26 bits per heavy atom. The Bertz CT molecular complexity index is 552. The highest BCUT2D eigenvalue weighted by Gasteiger charge is 2.07. The number of phenols is 2. The Morgan fingerprint density at radius 3 is 2.74 bits per heavy atom. The highest BCUT2D eigenvalue weighted by Crippen LogP contribution is 2.32. The van der Waals surface area contributed by atoms with Crippen molar-refractivity contribution in [3.05, 3.63) is 29.3 Å².